The van der Waals surface area contributed by atoms with Gasteiger partial charge in [0.05, 0.1) is 10.5 Å². The van der Waals surface area contributed by atoms with Crippen LogP contribution in [0.2, 0.25) is 0 Å². The molecule has 2 heterocycles. The highest BCUT2D eigenvalue weighted by Crippen LogP contribution is 2.26. The van der Waals surface area contributed by atoms with Crippen LogP contribution < -0.4 is 5.32 Å². The number of phenols is 1. The Balaban J connectivity index is 1.91. The zero-order valence-electron chi connectivity index (χ0n) is 13.8. The molecule has 25 heavy (non-hydrogen) atoms. The number of amides is 1. The number of carbonyl (C=O) groups excluding carboxylic acids is 1. The maximum atomic E-state index is 12.6. The van der Waals surface area contributed by atoms with Gasteiger partial charge in [0, 0.05) is 19.3 Å². The predicted octanol–water partition coefficient (Wildman–Crippen LogP) is 2.13. The molecule has 1 saturated heterocycles. The highest BCUT2D eigenvalue weighted by molar-refractivity contribution is 7.89. The van der Waals surface area contributed by atoms with E-state index >= 15 is 0 Å². The number of phenolic OH excluding ortho intramolecular Hbond substituents is 1. The first-order valence-corrected chi connectivity index (χ1v) is 9.40. The van der Waals surface area contributed by atoms with E-state index in [2.05, 4.69) is 10.3 Å². The number of aryl methyl sites for hydroxylation is 1. The number of hydrogen-bond donors (Lipinski definition) is 2. The number of sulfonamides is 1. The highest BCUT2D eigenvalue weighted by Gasteiger charge is 2.28. The minimum Gasteiger partial charge on any atom is -0.507 e. The molecule has 8 heteroatoms. The Kier molecular flexibility index (Phi) is 4.73. The lowest BCUT2D eigenvalue weighted by atomic mass is 10.2. The Bertz CT molecular complexity index is 906. The lowest BCUT2D eigenvalue weighted by Gasteiger charge is -2.16. The third-order valence-electron chi connectivity index (χ3n) is 4.16. The summed E-state index contributed by atoms with van der Waals surface area (Å²) >= 11 is 0. The second kappa shape index (κ2) is 6.81. The molecule has 0 radical (unpaired) electrons. The van der Waals surface area contributed by atoms with Crippen LogP contribution >= 0.6 is 0 Å². The standard InChI is InChI=1S/C17H19N3O4S/c1-12-5-4-8-18-16(12)19-17(22)14-11-13(6-7-15(14)21)25(23,24)20-9-2-3-10-20/h4-8,11,21H,2-3,9-10H2,1H3,(H,18,19,22). The van der Waals surface area contributed by atoms with E-state index in [0.717, 1.165) is 18.4 Å². The van der Waals surface area contributed by atoms with Crippen molar-refractivity contribution in [3.63, 3.8) is 0 Å². The second-order valence-electron chi connectivity index (χ2n) is 5.91. The van der Waals surface area contributed by atoms with Crippen molar-refractivity contribution in [1.82, 2.24) is 9.29 Å². The number of pyridine rings is 1. The minimum atomic E-state index is -3.67. The number of benzene rings is 1. The molecule has 0 atom stereocenters. The lowest BCUT2D eigenvalue weighted by molar-refractivity contribution is 0.102. The van der Waals surface area contributed by atoms with Gasteiger partial charge in [0.2, 0.25) is 10.0 Å². The first-order chi connectivity index (χ1) is 11.9. The van der Waals surface area contributed by atoms with Gasteiger partial charge < -0.3 is 10.4 Å². The van der Waals surface area contributed by atoms with E-state index in [-0.39, 0.29) is 16.2 Å². The molecule has 2 aromatic rings. The van der Waals surface area contributed by atoms with Gasteiger partial charge in [-0.2, -0.15) is 4.31 Å². The third kappa shape index (κ3) is 3.49. The smallest absolute Gasteiger partial charge is 0.260 e. The second-order valence-corrected chi connectivity index (χ2v) is 7.85. The van der Waals surface area contributed by atoms with Gasteiger partial charge in [0.15, 0.2) is 0 Å². The summed E-state index contributed by atoms with van der Waals surface area (Å²) in [4.78, 5) is 16.5. The van der Waals surface area contributed by atoms with Crippen molar-refractivity contribution in [2.24, 2.45) is 0 Å². The monoisotopic (exact) mass is 361 g/mol. The quantitative estimate of drug-likeness (QED) is 0.869. The number of aromatic hydroxyl groups is 1. The molecular weight excluding hydrogens is 342 g/mol. The van der Waals surface area contributed by atoms with E-state index in [1.807, 2.05) is 0 Å². The third-order valence-corrected chi connectivity index (χ3v) is 6.05. The van der Waals surface area contributed by atoms with Crippen LogP contribution in [-0.4, -0.2) is 41.8 Å². The minimum absolute atomic E-state index is 0.00454. The van der Waals surface area contributed by atoms with Crippen molar-refractivity contribution < 1.29 is 18.3 Å². The van der Waals surface area contributed by atoms with E-state index in [1.165, 1.54) is 28.7 Å². The van der Waals surface area contributed by atoms with Gasteiger partial charge in [0.1, 0.15) is 11.6 Å². The molecule has 1 aromatic carbocycles. The van der Waals surface area contributed by atoms with Crippen LogP contribution in [0.5, 0.6) is 5.75 Å². The molecule has 7 nitrogen and oxygen atoms in total. The number of aromatic nitrogens is 1. The van der Waals surface area contributed by atoms with Crippen LogP contribution in [0.4, 0.5) is 5.82 Å². The number of nitrogens with zero attached hydrogens (tertiary/aromatic N) is 2. The Hall–Kier alpha value is -2.45. The molecule has 0 aliphatic carbocycles. The number of anilines is 1. The van der Waals surface area contributed by atoms with Crippen molar-refractivity contribution in [2.45, 2.75) is 24.7 Å². The normalized spacial score (nSPS) is 15.2. The first kappa shape index (κ1) is 17.4. The molecule has 0 unspecified atom stereocenters. The Morgan fingerprint density at radius 1 is 1.24 bits per heavy atom. The number of carbonyl (C=O) groups is 1. The summed E-state index contributed by atoms with van der Waals surface area (Å²) in [6.07, 6.45) is 3.18. The average molecular weight is 361 g/mol. The molecule has 1 fully saturated rings. The molecule has 0 saturated carbocycles. The summed E-state index contributed by atoms with van der Waals surface area (Å²) in [7, 11) is -3.67. The van der Waals surface area contributed by atoms with E-state index in [4.69, 9.17) is 0 Å². The largest absolute Gasteiger partial charge is 0.507 e. The zero-order valence-corrected chi connectivity index (χ0v) is 14.6. The summed E-state index contributed by atoms with van der Waals surface area (Å²) < 4.78 is 26.7. The van der Waals surface area contributed by atoms with Crippen LogP contribution in [0.25, 0.3) is 0 Å². The topological polar surface area (TPSA) is 99.6 Å². The molecule has 0 spiro atoms. The van der Waals surface area contributed by atoms with Crippen molar-refractivity contribution in [1.29, 1.82) is 0 Å². The fraction of sp³-hybridized carbons (Fsp3) is 0.294. The fourth-order valence-electron chi connectivity index (χ4n) is 2.73. The van der Waals surface area contributed by atoms with E-state index < -0.39 is 15.9 Å². The van der Waals surface area contributed by atoms with Gasteiger partial charge in [-0.3, -0.25) is 4.79 Å². The van der Waals surface area contributed by atoms with Crippen LogP contribution in [-0.2, 0) is 10.0 Å². The van der Waals surface area contributed by atoms with Crippen molar-refractivity contribution in [3.05, 3.63) is 47.7 Å². The summed E-state index contributed by atoms with van der Waals surface area (Å²) in [6.45, 7) is 2.73. The van der Waals surface area contributed by atoms with Crippen LogP contribution in [0.1, 0.15) is 28.8 Å². The first-order valence-electron chi connectivity index (χ1n) is 7.96. The predicted molar refractivity (Wildman–Crippen MR) is 93.0 cm³/mol. The van der Waals surface area contributed by atoms with Crippen LogP contribution in [0.3, 0.4) is 0 Å². The molecule has 3 rings (SSSR count). The highest BCUT2D eigenvalue weighted by atomic mass is 32.2. The molecule has 1 aliphatic rings. The SMILES string of the molecule is Cc1cccnc1NC(=O)c1cc(S(=O)(=O)N2CCCC2)ccc1O. The number of nitrogens with one attached hydrogen (secondary N) is 1. The van der Waals surface area contributed by atoms with Crippen molar-refractivity contribution >= 4 is 21.7 Å². The fourth-order valence-corrected chi connectivity index (χ4v) is 4.27. The zero-order chi connectivity index (χ0) is 18.0. The Morgan fingerprint density at radius 3 is 2.64 bits per heavy atom. The number of hydrogen-bond acceptors (Lipinski definition) is 5. The maximum Gasteiger partial charge on any atom is 0.260 e. The lowest BCUT2D eigenvalue weighted by Crippen LogP contribution is -2.28. The molecular formula is C17H19N3O4S. The van der Waals surface area contributed by atoms with Crippen LogP contribution in [0.15, 0.2) is 41.4 Å². The molecule has 0 bridgehead atoms. The van der Waals surface area contributed by atoms with Gasteiger partial charge in [-0.15, -0.1) is 0 Å². The van der Waals surface area contributed by atoms with E-state index in [1.54, 1.807) is 19.1 Å². The summed E-state index contributed by atoms with van der Waals surface area (Å²) in [5.41, 5.74) is 0.654. The number of rotatable bonds is 4. The van der Waals surface area contributed by atoms with E-state index in [9.17, 15) is 18.3 Å². The maximum absolute atomic E-state index is 12.6. The van der Waals surface area contributed by atoms with Gasteiger partial charge in [-0.1, -0.05) is 6.07 Å². The molecule has 2 N–H and O–H groups in total. The average Bonchev–Trinajstić information content (AvgIpc) is 3.12. The molecule has 1 aliphatic heterocycles. The summed E-state index contributed by atoms with van der Waals surface area (Å²) in [5, 5.41) is 12.6. The van der Waals surface area contributed by atoms with Gasteiger partial charge in [0.25, 0.3) is 5.91 Å². The summed E-state index contributed by atoms with van der Waals surface area (Å²) in [6, 6.07) is 7.27. The Morgan fingerprint density at radius 2 is 1.96 bits per heavy atom. The summed E-state index contributed by atoms with van der Waals surface area (Å²) in [5.74, 6) is -0.538. The van der Waals surface area contributed by atoms with Crippen LogP contribution in [0, 0.1) is 6.92 Å². The van der Waals surface area contributed by atoms with Crippen molar-refractivity contribution in [3.8, 4) is 5.75 Å². The molecule has 1 aromatic heterocycles. The van der Waals surface area contributed by atoms with Gasteiger partial charge >= 0.3 is 0 Å². The Labute approximate surface area is 146 Å². The molecule has 132 valence electrons. The van der Waals surface area contributed by atoms with E-state index in [0.29, 0.717) is 18.9 Å². The van der Waals surface area contributed by atoms with Gasteiger partial charge in [-0.25, -0.2) is 13.4 Å². The van der Waals surface area contributed by atoms with Crippen molar-refractivity contribution in [2.75, 3.05) is 18.4 Å². The van der Waals surface area contributed by atoms with Gasteiger partial charge in [-0.05, 0) is 49.6 Å². The molecule has 1 amide bonds.